The fraction of sp³-hybridized carbons (Fsp3) is 0.217. The summed E-state index contributed by atoms with van der Waals surface area (Å²) in [5.74, 6) is -3.94. The first-order chi connectivity index (χ1) is 30.8. The second-order valence-corrected chi connectivity index (χ2v) is 17.5. The van der Waals surface area contributed by atoms with E-state index in [2.05, 4.69) is 41.7 Å². The van der Waals surface area contributed by atoms with E-state index in [1.807, 2.05) is 13.8 Å². The Hall–Kier alpha value is -6.03. The zero-order valence-corrected chi connectivity index (χ0v) is 39.1. The average Bonchev–Trinajstić information content (AvgIpc) is 3.24. The highest BCUT2D eigenvalue weighted by Gasteiger charge is 2.27. The molecule has 0 saturated carbocycles. The maximum Gasteiger partial charge on any atom is 0.258 e. The van der Waals surface area contributed by atoms with E-state index < -0.39 is 52.7 Å². The van der Waals surface area contributed by atoms with Crippen LogP contribution in [0.4, 0.5) is 34.1 Å². The molecule has 5 aromatic rings. The van der Waals surface area contributed by atoms with E-state index >= 15 is 0 Å². The Kier molecular flexibility index (Phi) is 17.5. The van der Waals surface area contributed by atoms with Gasteiger partial charge in [0.15, 0.2) is 11.6 Å². The molecule has 0 aliphatic rings. The third-order valence-electron chi connectivity index (χ3n) is 9.39. The smallest absolute Gasteiger partial charge is 0.258 e. The van der Waals surface area contributed by atoms with Crippen LogP contribution in [0.5, 0.6) is 0 Å². The summed E-state index contributed by atoms with van der Waals surface area (Å²) in [6.45, 7) is 7.61. The highest BCUT2D eigenvalue weighted by molar-refractivity contribution is 6.32. The normalized spacial score (nSPS) is 13.6. The average molecular weight is 979 g/mol. The van der Waals surface area contributed by atoms with Crippen LogP contribution in [0.25, 0.3) is 0 Å². The van der Waals surface area contributed by atoms with Gasteiger partial charge < -0.3 is 21.3 Å². The molecule has 0 heterocycles. The molecular weight excluding hydrogens is 938 g/mol. The van der Waals surface area contributed by atoms with Crippen molar-refractivity contribution in [1.82, 2.24) is 0 Å². The fourth-order valence-electron chi connectivity index (χ4n) is 5.98. The number of halogens is 5. The summed E-state index contributed by atoms with van der Waals surface area (Å²) in [6, 6.07) is 23.6. The van der Waals surface area contributed by atoms with Crippen molar-refractivity contribution >= 4 is 127 Å². The van der Waals surface area contributed by atoms with E-state index in [1.54, 1.807) is 55.5 Å². The van der Waals surface area contributed by atoms with Gasteiger partial charge in [0.1, 0.15) is 0 Å². The number of azo groups is 2. The van der Waals surface area contributed by atoms with Crippen molar-refractivity contribution in [2.45, 2.75) is 62.8 Å². The Bertz CT molecular complexity index is 2670. The molecule has 0 aliphatic heterocycles. The number of carbonyl (C=O) groups is 6. The number of hydrogen-bond donors (Lipinski definition) is 4. The lowest BCUT2D eigenvalue weighted by atomic mass is 10.1. The lowest BCUT2D eigenvalue weighted by molar-refractivity contribution is -0.127. The van der Waals surface area contributed by atoms with Crippen LogP contribution in [0.3, 0.4) is 0 Å². The van der Waals surface area contributed by atoms with Gasteiger partial charge in [-0.1, -0.05) is 47.5 Å². The number of Topliss-reactive ketones (excluding diaryl/α,β-unsaturated/α-hetero) is 2. The number of amides is 4. The molecule has 0 saturated heterocycles. The van der Waals surface area contributed by atoms with Gasteiger partial charge in [0.25, 0.3) is 23.6 Å². The Morgan fingerprint density at radius 3 is 1.26 bits per heavy atom. The summed E-state index contributed by atoms with van der Waals surface area (Å²) in [5, 5.41) is 26.0. The quantitative estimate of drug-likeness (QED) is 0.0406. The number of ketones is 2. The van der Waals surface area contributed by atoms with Crippen molar-refractivity contribution in [3.05, 3.63) is 141 Å². The molecule has 65 heavy (non-hydrogen) atoms. The molecule has 0 fully saturated rings. The SMILES string of the molecule is CC(=O)C(N=Nc1cc(Cl)cc(C(=O)Nc2ccc(C(C)Cl)cc2)c1)C(=O)Nc1ccc(NC(=O)C(N=Nc2cc(Cl)cc(C(=O)Nc3ccc(C(C)Cl)cc3)c2)C(C)=O)c(C(C)Cl)c1. The minimum atomic E-state index is -1.61. The van der Waals surface area contributed by atoms with Crippen LogP contribution in [-0.2, 0) is 19.2 Å². The van der Waals surface area contributed by atoms with Crippen molar-refractivity contribution in [3.8, 4) is 0 Å². The maximum absolute atomic E-state index is 13.5. The summed E-state index contributed by atoms with van der Waals surface area (Å²) in [7, 11) is 0. The zero-order chi connectivity index (χ0) is 47.5. The van der Waals surface area contributed by atoms with E-state index in [4.69, 9.17) is 58.0 Å². The van der Waals surface area contributed by atoms with Gasteiger partial charge >= 0.3 is 0 Å². The Morgan fingerprint density at radius 1 is 0.477 bits per heavy atom. The third kappa shape index (κ3) is 14.2. The summed E-state index contributed by atoms with van der Waals surface area (Å²) < 4.78 is 0. The van der Waals surface area contributed by atoms with Crippen LogP contribution in [-0.4, -0.2) is 47.3 Å². The standard InChI is InChI=1S/C46H41Cl5N8O6/c1-23(47)28-6-10-34(11-7-28)52-43(62)30-16-32(50)20-37(18-30)56-58-41(26(4)60)45(64)54-36-14-15-40(39(22-36)25(3)49)55-46(65)42(27(5)61)59-57-38-19-31(17-33(51)21-38)44(63)53-35-12-8-29(9-13-35)24(2)48/h6-25,41-42H,1-5H3,(H,52,62)(H,53,63)(H,54,64)(H,55,65). The molecule has 4 N–H and O–H groups in total. The van der Waals surface area contributed by atoms with Gasteiger partial charge in [0, 0.05) is 43.9 Å². The molecule has 0 aliphatic carbocycles. The second kappa shape index (κ2) is 22.7. The van der Waals surface area contributed by atoms with Gasteiger partial charge in [-0.3, -0.25) is 28.8 Å². The predicted molar refractivity (Wildman–Crippen MR) is 256 cm³/mol. The van der Waals surface area contributed by atoms with Crippen LogP contribution >= 0.6 is 58.0 Å². The number of anilines is 4. The molecule has 4 amide bonds. The van der Waals surface area contributed by atoms with Crippen LogP contribution in [0.2, 0.25) is 10.0 Å². The molecule has 0 spiro atoms. The van der Waals surface area contributed by atoms with Gasteiger partial charge in [-0.25, -0.2) is 0 Å². The van der Waals surface area contributed by atoms with Crippen LogP contribution < -0.4 is 21.3 Å². The highest BCUT2D eigenvalue weighted by atomic mass is 35.5. The van der Waals surface area contributed by atoms with Gasteiger partial charge in [-0.05, 0) is 130 Å². The number of nitrogens with one attached hydrogen (secondary N) is 4. The number of alkyl halides is 3. The number of nitrogens with zero attached hydrogens (tertiary/aromatic N) is 4. The number of rotatable bonds is 17. The van der Waals surface area contributed by atoms with Crippen LogP contribution in [0.1, 0.15) is 88.2 Å². The van der Waals surface area contributed by atoms with Gasteiger partial charge in [0.2, 0.25) is 12.1 Å². The minimum absolute atomic E-state index is 0.104. The molecule has 14 nitrogen and oxygen atoms in total. The first-order valence-electron chi connectivity index (χ1n) is 19.7. The van der Waals surface area contributed by atoms with E-state index in [0.717, 1.165) is 25.0 Å². The second-order valence-electron chi connectivity index (χ2n) is 14.6. The first kappa shape index (κ1) is 50.0. The molecule has 5 unspecified atom stereocenters. The van der Waals surface area contributed by atoms with Crippen molar-refractivity contribution < 1.29 is 28.8 Å². The van der Waals surface area contributed by atoms with E-state index in [1.165, 1.54) is 54.6 Å². The van der Waals surface area contributed by atoms with Crippen molar-refractivity contribution in [3.63, 3.8) is 0 Å². The lowest BCUT2D eigenvalue weighted by Crippen LogP contribution is -2.32. The Morgan fingerprint density at radius 2 is 0.877 bits per heavy atom. The molecule has 5 rings (SSSR count). The monoisotopic (exact) mass is 976 g/mol. The van der Waals surface area contributed by atoms with Gasteiger partial charge in [-0.15, -0.1) is 34.8 Å². The summed E-state index contributed by atoms with van der Waals surface area (Å²) >= 11 is 31.3. The molecule has 5 atom stereocenters. The fourth-order valence-corrected chi connectivity index (χ4v) is 6.91. The predicted octanol–water partition coefficient (Wildman–Crippen LogP) is 12.8. The van der Waals surface area contributed by atoms with Crippen molar-refractivity contribution in [1.29, 1.82) is 0 Å². The zero-order valence-electron chi connectivity index (χ0n) is 35.3. The Balaban J connectivity index is 1.26. The van der Waals surface area contributed by atoms with Crippen molar-refractivity contribution in [2.75, 3.05) is 21.3 Å². The number of benzene rings is 5. The first-order valence-corrected chi connectivity index (χ1v) is 21.8. The summed E-state index contributed by atoms with van der Waals surface area (Å²) in [5.41, 5.74) is 4.03. The summed E-state index contributed by atoms with van der Waals surface area (Å²) in [4.78, 5) is 78.3. The molecule has 0 radical (unpaired) electrons. The molecule has 0 aromatic heterocycles. The maximum atomic E-state index is 13.5. The van der Waals surface area contributed by atoms with E-state index in [9.17, 15) is 28.8 Å². The highest BCUT2D eigenvalue weighted by Crippen LogP contribution is 2.32. The van der Waals surface area contributed by atoms with Crippen LogP contribution in [0, 0.1) is 0 Å². The largest absolute Gasteiger partial charge is 0.324 e. The van der Waals surface area contributed by atoms with Gasteiger partial charge in [0.05, 0.1) is 27.5 Å². The third-order valence-corrected chi connectivity index (χ3v) is 10.6. The Labute approximate surface area is 399 Å². The molecular formula is C46H41Cl5N8O6. The van der Waals surface area contributed by atoms with E-state index in [-0.39, 0.29) is 54.7 Å². The number of carbonyl (C=O) groups excluding carboxylic acids is 6. The summed E-state index contributed by atoms with van der Waals surface area (Å²) in [6.07, 6.45) is 0. The van der Waals surface area contributed by atoms with Crippen LogP contribution in [0.15, 0.2) is 124 Å². The molecule has 0 bridgehead atoms. The minimum Gasteiger partial charge on any atom is -0.324 e. The molecule has 336 valence electrons. The van der Waals surface area contributed by atoms with Crippen molar-refractivity contribution in [2.24, 2.45) is 20.5 Å². The number of hydrogen-bond acceptors (Lipinski definition) is 10. The molecule has 5 aromatic carbocycles. The lowest BCUT2D eigenvalue weighted by Gasteiger charge is -2.17. The van der Waals surface area contributed by atoms with Gasteiger partial charge in [-0.2, -0.15) is 20.5 Å². The topological polar surface area (TPSA) is 200 Å². The van der Waals surface area contributed by atoms with E-state index in [0.29, 0.717) is 16.9 Å². The molecule has 19 heteroatoms.